The van der Waals surface area contributed by atoms with Crippen LogP contribution in [0.25, 0.3) is 0 Å². The van der Waals surface area contributed by atoms with Gasteiger partial charge in [-0.2, -0.15) is 5.10 Å². The summed E-state index contributed by atoms with van der Waals surface area (Å²) in [5.74, 6) is 1.14. The van der Waals surface area contributed by atoms with Crippen molar-refractivity contribution >= 4 is 0 Å². The maximum atomic E-state index is 4.42. The molecule has 1 fully saturated rings. The summed E-state index contributed by atoms with van der Waals surface area (Å²) in [5.41, 5.74) is 0. The van der Waals surface area contributed by atoms with E-state index in [0.717, 1.165) is 45.1 Å². The van der Waals surface area contributed by atoms with Gasteiger partial charge in [-0.1, -0.05) is 0 Å². The summed E-state index contributed by atoms with van der Waals surface area (Å²) in [6.07, 6.45) is 7.25. The lowest BCUT2D eigenvalue weighted by molar-refractivity contribution is 0.0724. The molecular weight excluding hydrogens is 266 g/mol. The Kier molecular flexibility index (Phi) is 4.31. The normalized spacial score (nSPS) is 21.0. The fourth-order valence-electron chi connectivity index (χ4n) is 2.83. The highest BCUT2D eigenvalue weighted by molar-refractivity contribution is 4.93. The molecule has 1 saturated heterocycles. The minimum atomic E-state index is 0.547. The fraction of sp³-hybridized carbons (Fsp3) is 0.643. The molecule has 21 heavy (non-hydrogen) atoms. The van der Waals surface area contributed by atoms with Crippen molar-refractivity contribution in [3.8, 4) is 0 Å². The molecule has 2 aromatic heterocycles. The third kappa shape index (κ3) is 3.48. The smallest absolute Gasteiger partial charge is 0.137 e. The second-order valence-corrected chi connectivity index (χ2v) is 5.73. The Bertz CT molecular complexity index is 547. The van der Waals surface area contributed by atoms with Gasteiger partial charge < -0.3 is 4.57 Å². The lowest BCUT2D eigenvalue weighted by Crippen LogP contribution is -2.52. The number of imidazole rings is 1. The molecule has 1 aliphatic heterocycles. The first-order chi connectivity index (χ1) is 10.2. The van der Waals surface area contributed by atoms with Crippen molar-refractivity contribution in [1.82, 2.24) is 34.1 Å². The van der Waals surface area contributed by atoms with Gasteiger partial charge in [-0.25, -0.2) is 9.97 Å². The largest absolute Gasteiger partial charge is 0.337 e. The lowest BCUT2D eigenvalue weighted by Gasteiger charge is -2.39. The van der Waals surface area contributed by atoms with Crippen LogP contribution in [0.1, 0.15) is 12.7 Å². The van der Waals surface area contributed by atoms with Gasteiger partial charge in [0.25, 0.3) is 0 Å². The second kappa shape index (κ2) is 6.36. The van der Waals surface area contributed by atoms with E-state index >= 15 is 0 Å². The zero-order chi connectivity index (χ0) is 14.7. The van der Waals surface area contributed by atoms with E-state index in [0.29, 0.717) is 6.04 Å². The van der Waals surface area contributed by atoms with E-state index in [1.54, 1.807) is 12.7 Å². The van der Waals surface area contributed by atoms with E-state index in [4.69, 9.17) is 0 Å². The number of aromatic nitrogens is 5. The van der Waals surface area contributed by atoms with Crippen molar-refractivity contribution in [3.63, 3.8) is 0 Å². The molecule has 1 atom stereocenters. The molecule has 0 N–H and O–H groups in total. The van der Waals surface area contributed by atoms with Gasteiger partial charge in [0.15, 0.2) is 0 Å². The van der Waals surface area contributed by atoms with Crippen LogP contribution in [-0.2, 0) is 20.1 Å². The Morgan fingerprint density at radius 1 is 1.29 bits per heavy atom. The highest BCUT2D eigenvalue weighted by atomic mass is 15.3. The fourth-order valence-corrected chi connectivity index (χ4v) is 2.83. The molecular formula is C14H23N7. The molecule has 3 heterocycles. The molecule has 0 bridgehead atoms. The number of hydrogen-bond donors (Lipinski definition) is 0. The molecule has 0 aromatic carbocycles. The summed E-state index contributed by atoms with van der Waals surface area (Å²) in [6, 6.07) is 0.547. The third-order valence-corrected chi connectivity index (χ3v) is 4.23. The van der Waals surface area contributed by atoms with Crippen molar-refractivity contribution in [2.24, 2.45) is 7.05 Å². The van der Waals surface area contributed by atoms with Gasteiger partial charge in [0, 0.05) is 51.7 Å². The van der Waals surface area contributed by atoms with Gasteiger partial charge in [0.1, 0.15) is 18.5 Å². The second-order valence-electron chi connectivity index (χ2n) is 5.73. The Morgan fingerprint density at radius 3 is 2.86 bits per heavy atom. The average molecular weight is 289 g/mol. The van der Waals surface area contributed by atoms with Gasteiger partial charge in [-0.15, -0.1) is 0 Å². The van der Waals surface area contributed by atoms with Crippen LogP contribution < -0.4 is 0 Å². The summed E-state index contributed by atoms with van der Waals surface area (Å²) in [7, 11) is 2.06. The summed E-state index contributed by atoms with van der Waals surface area (Å²) in [6.45, 7) is 8.45. The highest BCUT2D eigenvalue weighted by Crippen LogP contribution is 2.12. The van der Waals surface area contributed by atoms with E-state index in [1.807, 2.05) is 17.1 Å². The van der Waals surface area contributed by atoms with Crippen LogP contribution in [0.4, 0.5) is 0 Å². The van der Waals surface area contributed by atoms with Crippen molar-refractivity contribution < 1.29 is 0 Å². The predicted octanol–water partition coefficient (Wildman–Crippen LogP) is 0.218. The molecule has 0 aliphatic carbocycles. The Labute approximate surface area is 125 Å². The number of piperazine rings is 1. The third-order valence-electron chi connectivity index (χ3n) is 4.23. The van der Waals surface area contributed by atoms with E-state index in [2.05, 4.69) is 43.4 Å². The SMILES string of the molecule is C[C@@H]1CN(CCn2cncn2)CCN1Cc1nccn1C. The maximum Gasteiger partial charge on any atom is 0.137 e. The van der Waals surface area contributed by atoms with Gasteiger partial charge >= 0.3 is 0 Å². The van der Waals surface area contributed by atoms with Crippen LogP contribution in [0, 0.1) is 0 Å². The summed E-state index contributed by atoms with van der Waals surface area (Å²) >= 11 is 0. The zero-order valence-corrected chi connectivity index (χ0v) is 12.8. The molecule has 3 rings (SSSR count). The monoisotopic (exact) mass is 289 g/mol. The number of aryl methyl sites for hydroxylation is 1. The molecule has 7 nitrogen and oxygen atoms in total. The van der Waals surface area contributed by atoms with E-state index < -0.39 is 0 Å². The van der Waals surface area contributed by atoms with Crippen LogP contribution in [-0.4, -0.2) is 66.3 Å². The minimum Gasteiger partial charge on any atom is -0.337 e. The van der Waals surface area contributed by atoms with E-state index in [9.17, 15) is 0 Å². The average Bonchev–Trinajstić information content (AvgIpc) is 3.12. The molecule has 0 spiro atoms. The van der Waals surface area contributed by atoms with Gasteiger partial charge in [-0.3, -0.25) is 14.5 Å². The first kappa shape index (κ1) is 14.2. The minimum absolute atomic E-state index is 0.547. The number of hydrogen-bond acceptors (Lipinski definition) is 5. The molecule has 0 unspecified atom stereocenters. The van der Waals surface area contributed by atoms with Crippen molar-refractivity contribution in [1.29, 1.82) is 0 Å². The number of rotatable bonds is 5. The molecule has 7 heteroatoms. The lowest BCUT2D eigenvalue weighted by atomic mass is 10.2. The summed E-state index contributed by atoms with van der Waals surface area (Å²) in [4.78, 5) is 13.4. The van der Waals surface area contributed by atoms with E-state index in [-0.39, 0.29) is 0 Å². The summed E-state index contributed by atoms with van der Waals surface area (Å²) < 4.78 is 3.99. The first-order valence-electron chi connectivity index (χ1n) is 7.47. The van der Waals surface area contributed by atoms with Crippen LogP contribution >= 0.6 is 0 Å². The van der Waals surface area contributed by atoms with Gasteiger partial charge in [0.05, 0.1) is 13.1 Å². The molecule has 0 radical (unpaired) electrons. The van der Waals surface area contributed by atoms with Crippen molar-refractivity contribution in [3.05, 3.63) is 30.9 Å². The van der Waals surface area contributed by atoms with Crippen LogP contribution in [0.3, 0.4) is 0 Å². The van der Waals surface area contributed by atoms with Gasteiger partial charge in [-0.05, 0) is 6.92 Å². The predicted molar refractivity (Wildman–Crippen MR) is 79.5 cm³/mol. The van der Waals surface area contributed by atoms with Crippen LogP contribution in [0.15, 0.2) is 25.0 Å². The first-order valence-corrected chi connectivity index (χ1v) is 7.47. The Morgan fingerprint density at radius 2 is 2.19 bits per heavy atom. The topological polar surface area (TPSA) is 55.0 Å². The zero-order valence-electron chi connectivity index (χ0n) is 12.8. The van der Waals surface area contributed by atoms with Crippen LogP contribution in [0.2, 0.25) is 0 Å². The standard InChI is InChI=1S/C14H23N7/c1-13-9-19(6-8-21-12-15-11-17-21)5-7-20(13)10-14-16-3-4-18(14)2/h3-4,11-13H,5-10H2,1-2H3/t13-/m1/s1. The number of nitrogens with zero attached hydrogens (tertiary/aromatic N) is 7. The van der Waals surface area contributed by atoms with Crippen LogP contribution in [0.5, 0.6) is 0 Å². The van der Waals surface area contributed by atoms with Crippen molar-refractivity contribution in [2.45, 2.75) is 26.1 Å². The molecule has 2 aromatic rings. The maximum absolute atomic E-state index is 4.42. The molecule has 0 saturated carbocycles. The Hall–Kier alpha value is -1.73. The quantitative estimate of drug-likeness (QED) is 0.788. The van der Waals surface area contributed by atoms with Crippen molar-refractivity contribution in [2.75, 3.05) is 26.2 Å². The Balaban J connectivity index is 1.48. The molecule has 1 aliphatic rings. The highest BCUT2D eigenvalue weighted by Gasteiger charge is 2.24. The van der Waals surface area contributed by atoms with Gasteiger partial charge in [0.2, 0.25) is 0 Å². The molecule has 114 valence electrons. The molecule has 0 amide bonds. The summed E-state index contributed by atoms with van der Waals surface area (Å²) in [5, 5.41) is 4.15. The van der Waals surface area contributed by atoms with E-state index in [1.165, 1.54) is 0 Å².